The fraction of sp³-hybridized carbons (Fsp3) is 0.600. The predicted octanol–water partition coefficient (Wildman–Crippen LogP) is 2.71. The number of allylic oxidation sites excluding steroid dienone is 1. The minimum absolute atomic E-state index is 0.178. The summed E-state index contributed by atoms with van der Waals surface area (Å²) < 4.78 is 11.2. The van der Waals surface area contributed by atoms with Gasteiger partial charge in [-0.05, 0) is 12.5 Å². The predicted molar refractivity (Wildman–Crippen MR) is 73.9 cm³/mol. The van der Waals surface area contributed by atoms with Crippen molar-refractivity contribution in [2.45, 2.75) is 44.3 Å². The Kier molecular flexibility index (Phi) is 11.2. The van der Waals surface area contributed by atoms with Crippen LogP contribution in [0, 0.1) is 45.3 Å². The molecule has 0 radical (unpaired) electrons. The quantitative estimate of drug-likeness (QED) is 0.328. The van der Waals surface area contributed by atoms with Gasteiger partial charge in [0.25, 0.3) is 0 Å². The van der Waals surface area contributed by atoms with E-state index in [-0.39, 0.29) is 32.5 Å². The van der Waals surface area contributed by atoms with Gasteiger partial charge in [-0.1, -0.05) is 6.08 Å². The topological polar surface area (TPSA) is 114 Å². The van der Waals surface area contributed by atoms with Gasteiger partial charge in [-0.15, -0.1) is 0 Å². The van der Waals surface area contributed by atoms with Crippen LogP contribution in [0.2, 0.25) is 0 Å². The number of ether oxygens (including phenoxy) is 2. The van der Waals surface area contributed by atoms with E-state index in [1.165, 1.54) is 0 Å². The maximum absolute atomic E-state index is 8.75. The highest BCUT2D eigenvalue weighted by atomic mass is 16.7. The Bertz CT molecular complexity index is 454. The summed E-state index contributed by atoms with van der Waals surface area (Å²) >= 11 is 0. The average molecular weight is 286 g/mol. The first-order valence-corrected chi connectivity index (χ1v) is 6.68. The van der Waals surface area contributed by atoms with Gasteiger partial charge in [0.2, 0.25) is 0 Å². The molecule has 0 unspecified atom stereocenters. The smallest absolute Gasteiger partial charge is 0.188 e. The van der Waals surface area contributed by atoms with Crippen molar-refractivity contribution in [2.75, 3.05) is 13.2 Å². The number of nitriles is 4. The van der Waals surface area contributed by atoms with E-state index in [2.05, 4.69) is 0 Å². The third-order valence-electron chi connectivity index (χ3n) is 2.50. The average Bonchev–Trinajstić information content (AvgIpc) is 2.50. The molecule has 0 rings (SSSR count). The number of hydrogen-bond acceptors (Lipinski definition) is 6. The molecule has 0 heterocycles. The summed E-state index contributed by atoms with van der Waals surface area (Å²) in [7, 11) is 0. The highest BCUT2D eigenvalue weighted by molar-refractivity contribution is 4.99. The van der Waals surface area contributed by atoms with E-state index >= 15 is 0 Å². The van der Waals surface area contributed by atoms with Gasteiger partial charge in [0.1, 0.15) is 0 Å². The first-order chi connectivity index (χ1) is 10.2. The molecule has 0 atom stereocenters. The lowest BCUT2D eigenvalue weighted by molar-refractivity contribution is -0.205. The molecule has 0 aromatic heterocycles. The van der Waals surface area contributed by atoms with E-state index < -0.39 is 5.79 Å². The maximum Gasteiger partial charge on any atom is 0.188 e. The normalized spacial score (nSPS) is 10.5. The fourth-order valence-corrected chi connectivity index (χ4v) is 1.55. The van der Waals surface area contributed by atoms with Crippen molar-refractivity contribution in [2.24, 2.45) is 0 Å². The number of hydrogen-bond donors (Lipinski definition) is 0. The van der Waals surface area contributed by atoms with Gasteiger partial charge in [-0.3, -0.25) is 0 Å². The molecule has 0 amide bonds. The molecule has 0 fully saturated rings. The van der Waals surface area contributed by atoms with Gasteiger partial charge in [0, 0.05) is 19.3 Å². The van der Waals surface area contributed by atoms with Crippen molar-refractivity contribution in [3.8, 4) is 24.3 Å². The van der Waals surface area contributed by atoms with Crippen molar-refractivity contribution < 1.29 is 9.47 Å². The number of rotatable bonds is 11. The van der Waals surface area contributed by atoms with Crippen LogP contribution in [-0.4, -0.2) is 19.0 Å². The molecule has 0 aromatic rings. The van der Waals surface area contributed by atoms with E-state index in [0.717, 1.165) is 0 Å². The van der Waals surface area contributed by atoms with E-state index in [4.69, 9.17) is 30.5 Å². The molecule has 0 saturated heterocycles. The summed E-state index contributed by atoms with van der Waals surface area (Å²) in [5.41, 5.74) is 0. The van der Waals surface area contributed by atoms with Crippen molar-refractivity contribution in [3.05, 3.63) is 12.2 Å². The zero-order valence-electron chi connectivity index (χ0n) is 11.9. The Morgan fingerprint density at radius 2 is 1.29 bits per heavy atom. The molecule has 110 valence electrons. The first kappa shape index (κ1) is 18.6. The van der Waals surface area contributed by atoms with E-state index in [1.54, 1.807) is 12.2 Å². The van der Waals surface area contributed by atoms with Crippen LogP contribution in [0.4, 0.5) is 0 Å². The van der Waals surface area contributed by atoms with Gasteiger partial charge in [0.05, 0.1) is 50.3 Å². The second-order valence-electron chi connectivity index (χ2n) is 4.08. The summed E-state index contributed by atoms with van der Waals surface area (Å²) in [6, 6.07) is 8.01. The van der Waals surface area contributed by atoms with Crippen LogP contribution in [0.15, 0.2) is 12.2 Å². The fourth-order valence-electron chi connectivity index (χ4n) is 1.55. The van der Waals surface area contributed by atoms with Crippen LogP contribution in [0.5, 0.6) is 0 Å². The third-order valence-corrected chi connectivity index (χ3v) is 2.50. The molecule has 0 N–H and O–H groups in total. The highest BCUT2D eigenvalue weighted by Crippen LogP contribution is 2.23. The molecule has 6 heteroatoms. The van der Waals surface area contributed by atoms with Crippen molar-refractivity contribution >= 4 is 0 Å². The lowest BCUT2D eigenvalue weighted by Gasteiger charge is -2.30. The second kappa shape index (κ2) is 12.6. The van der Waals surface area contributed by atoms with Crippen LogP contribution >= 0.6 is 0 Å². The SMILES string of the molecule is N#CCC/C=C/C(CCC#N)(OCCC#N)OCCC#N. The van der Waals surface area contributed by atoms with Gasteiger partial charge in [-0.25, -0.2) is 0 Å². The van der Waals surface area contributed by atoms with Crippen LogP contribution < -0.4 is 0 Å². The zero-order chi connectivity index (χ0) is 15.8. The highest BCUT2D eigenvalue weighted by Gasteiger charge is 2.28. The number of nitrogens with zero attached hydrogens (tertiary/aromatic N) is 4. The van der Waals surface area contributed by atoms with Crippen molar-refractivity contribution in [1.29, 1.82) is 21.0 Å². The summed E-state index contributed by atoms with van der Waals surface area (Å²) in [5, 5.41) is 34.4. The Labute approximate surface area is 125 Å². The second-order valence-corrected chi connectivity index (χ2v) is 4.08. The molecule has 0 saturated carbocycles. The summed E-state index contributed by atoms with van der Waals surface area (Å²) in [6.45, 7) is 0.355. The maximum atomic E-state index is 8.75. The van der Waals surface area contributed by atoms with E-state index in [0.29, 0.717) is 19.3 Å². The van der Waals surface area contributed by atoms with Gasteiger partial charge >= 0.3 is 0 Å². The molecule has 6 nitrogen and oxygen atoms in total. The Morgan fingerprint density at radius 1 is 0.762 bits per heavy atom. The van der Waals surface area contributed by atoms with Crippen LogP contribution in [-0.2, 0) is 9.47 Å². The van der Waals surface area contributed by atoms with Crippen LogP contribution in [0.25, 0.3) is 0 Å². The zero-order valence-corrected chi connectivity index (χ0v) is 11.9. The summed E-state index contributed by atoms with van der Waals surface area (Å²) in [6.07, 6.45) is 5.32. The Balaban J connectivity index is 4.86. The Morgan fingerprint density at radius 3 is 1.76 bits per heavy atom. The molecule has 0 bridgehead atoms. The lowest BCUT2D eigenvalue weighted by atomic mass is 10.1. The van der Waals surface area contributed by atoms with Crippen molar-refractivity contribution in [3.63, 3.8) is 0 Å². The third kappa shape index (κ3) is 9.20. The lowest BCUT2D eigenvalue weighted by Crippen LogP contribution is -2.34. The van der Waals surface area contributed by atoms with Gasteiger partial charge < -0.3 is 9.47 Å². The number of unbranched alkanes of at least 4 members (excludes halogenated alkanes) is 1. The molecule has 0 aliphatic carbocycles. The molecule has 0 aromatic carbocycles. The minimum Gasteiger partial charge on any atom is -0.345 e. The minimum atomic E-state index is -1.11. The molecule has 0 aliphatic rings. The summed E-state index contributed by atoms with van der Waals surface area (Å²) in [4.78, 5) is 0. The monoisotopic (exact) mass is 286 g/mol. The molecule has 0 spiro atoms. The van der Waals surface area contributed by atoms with Crippen LogP contribution in [0.3, 0.4) is 0 Å². The Hall–Kier alpha value is -2.38. The molecular formula is C15H18N4O2. The largest absolute Gasteiger partial charge is 0.345 e. The van der Waals surface area contributed by atoms with E-state index in [9.17, 15) is 0 Å². The van der Waals surface area contributed by atoms with Gasteiger partial charge in [-0.2, -0.15) is 21.0 Å². The summed E-state index contributed by atoms with van der Waals surface area (Å²) in [5.74, 6) is -1.11. The standard InChI is InChI=1S/C15H18N4O2/c16-9-3-1-2-7-15(8-4-10-17,20-13-5-11-18)21-14-6-12-19/h2,7H,1,3-6,8,13-14H2/b7-2+. The first-order valence-electron chi connectivity index (χ1n) is 6.68. The van der Waals surface area contributed by atoms with Crippen LogP contribution in [0.1, 0.15) is 38.5 Å². The van der Waals surface area contributed by atoms with E-state index in [1.807, 2.05) is 24.3 Å². The molecule has 21 heavy (non-hydrogen) atoms. The molecular weight excluding hydrogens is 268 g/mol. The van der Waals surface area contributed by atoms with Gasteiger partial charge in [0.15, 0.2) is 5.79 Å². The molecule has 0 aliphatic heterocycles. The van der Waals surface area contributed by atoms with Crippen molar-refractivity contribution in [1.82, 2.24) is 0 Å².